The van der Waals surface area contributed by atoms with E-state index >= 15 is 0 Å². The lowest BCUT2D eigenvalue weighted by Crippen LogP contribution is -2.67. The fourth-order valence-corrected chi connectivity index (χ4v) is 16.0. The Balaban J connectivity index is 0.855. The predicted molar refractivity (Wildman–Crippen MR) is 256 cm³/mol. The van der Waals surface area contributed by atoms with E-state index in [-0.39, 0.29) is 47.2 Å². The van der Waals surface area contributed by atoms with Gasteiger partial charge >= 0.3 is 0 Å². The molecule has 440 valence electrons. The number of rotatable bonds is 16. The van der Waals surface area contributed by atoms with Crippen LogP contribution in [0.2, 0.25) is 0 Å². The lowest BCUT2D eigenvalue weighted by atomic mass is 9.44. The van der Waals surface area contributed by atoms with Gasteiger partial charge in [0.15, 0.2) is 30.9 Å². The highest BCUT2D eigenvalue weighted by Crippen LogP contribution is 2.71. The van der Waals surface area contributed by atoms with Gasteiger partial charge in [-0.25, -0.2) is 0 Å². The van der Waals surface area contributed by atoms with Crippen LogP contribution >= 0.6 is 0 Å². The van der Waals surface area contributed by atoms with Crippen molar-refractivity contribution < 1.29 is 119 Å². The third-order valence-electron chi connectivity index (χ3n) is 20.4. The number of hydrogen-bond donors (Lipinski definition) is 14. The molecule has 0 bridgehead atoms. The SMILES string of the molecule is COC1(CC[C@@H](C)CO[C@@H]2O[C@H](CO)[C@@H](O)[C@H](O)[C@H]2O)OC2C[C@H]3[C@@H]4CC[C@H]5C[C@@H](O[C@@H]6O[C@H](CO)[C@H](O[C@@H]7O[C@H](CO)[C@@H](O)[C@H](O)[C@H]7O)[C@H](O)[C@H]6O[C@@H]6O[C@@H](C)[C@H](O)[C@@H](O)[C@H]6O)[C@H](O)C[C@]5(C)[C@H]4CC[C@]3(C)C2C1C. The van der Waals surface area contributed by atoms with Gasteiger partial charge in [0.25, 0.3) is 0 Å². The lowest BCUT2D eigenvalue weighted by Gasteiger charge is -2.62. The highest BCUT2D eigenvalue weighted by atomic mass is 16.8. The molecule has 9 fully saturated rings. The van der Waals surface area contributed by atoms with Crippen LogP contribution in [0.4, 0.5) is 0 Å². The van der Waals surface area contributed by atoms with Gasteiger partial charge in [0, 0.05) is 19.4 Å². The minimum absolute atomic E-state index is 0.0183. The van der Waals surface area contributed by atoms with E-state index in [0.717, 1.165) is 32.1 Å². The summed E-state index contributed by atoms with van der Waals surface area (Å²) in [5, 5.41) is 149. The molecule has 4 saturated carbocycles. The summed E-state index contributed by atoms with van der Waals surface area (Å²) in [5.74, 6) is 0.611. The summed E-state index contributed by atoms with van der Waals surface area (Å²) >= 11 is 0. The van der Waals surface area contributed by atoms with Crippen molar-refractivity contribution in [2.45, 2.75) is 239 Å². The van der Waals surface area contributed by atoms with Crippen LogP contribution in [0, 0.1) is 52.3 Å². The van der Waals surface area contributed by atoms with Crippen molar-refractivity contribution in [2.24, 2.45) is 52.3 Å². The third-order valence-corrected chi connectivity index (χ3v) is 20.4. The largest absolute Gasteiger partial charge is 0.394 e. The van der Waals surface area contributed by atoms with Crippen molar-refractivity contribution in [1.29, 1.82) is 0 Å². The summed E-state index contributed by atoms with van der Waals surface area (Å²) in [6.07, 6.45) is -26.2. The maximum atomic E-state index is 12.2. The normalized spacial score (nSPS) is 55.8. The molecule has 9 aliphatic rings. The molecule has 24 heteroatoms. The first kappa shape index (κ1) is 59.7. The van der Waals surface area contributed by atoms with Gasteiger partial charge in [-0.05, 0) is 105 Å². The Labute approximate surface area is 443 Å². The van der Waals surface area contributed by atoms with Crippen LogP contribution in [0.15, 0.2) is 0 Å². The van der Waals surface area contributed by atoms with E-state index in [2.05, 4.69) is 20.8 Å². The number of ether oxygens (including phenoxy) is 10. The van der Waals surface area contributed by atoms with Gasteiger partial charge in [0.05, 0.1) is 50.8 Å². The molecule has 14 N–H and O–H groups in total. The van der Waals surface area contributed by atoms with Gasteiger partial charge < -0.3 is 119 Å². The van der Waals surface area contributed by atoms with Gasteiger partial charge in [-0.3, -0.25) is 0 Å². The summed E-state index contributed by atoms with van der Waals surface area (Å²) in [5.41, 5.74) is -0.305. The first-order valence-corrected chi connectivity index (χ1v) is 27.7. The highest BCUT2D eigenvalue weighted by Gasteiger charge is 2.69. The summed E-state index contributed by atoms with van der Waals surface area (Å²) in [6, 6.07) is 0. The molecule has 5 heterocycles. The molecule has 5 aliphatic heterocycles. The van der Waals surface area contributed by atoms with E-state index in [4.69, 9.17) is 47.4 Å². The Kier molecular flexibility index (Phi) is 18.3. The molecule has 9 rings (SSSR count). The molecule has 0 spiro atoms. The average molecular weight is 1100 g/mol. The molecule has 0 amide bonds. The van der Waals surface area contributed by atoms with E-state index in [9.17, 15) is 71.5 Å². The number of fused-ring (bicyclic) bond motifs is 7. The first-order valence-electron chi connectivity index (χ1n) is 27.7. The zero-order valence-corrected chi connectivity index (χ0v) is 44.4. The second kappa shape index (κ2) is 23.4. The van der Waals surface area contributed by atoms with Crippen LogP contribution < -0.4 is 0 Å². The molecule has 0 aromatic heterocycles. The third kappa shape index (κ3) is 10.5. The molecule has 4 unspecified atom stereocenters. The van der Waals surface area contributed by atoms with Gasteiger partial charge in [0.1, 0.15) is 91.6 Å². The van der Waals surface area contributed by atoms with Gasteiger partial charge in [0.2, 0.25) is 0 Å². The Morgan fingerprint density at radius 3 is 1.79 bits per heavy atom. The second-order valence-electron chi connectivity index (χ2n) is 24.6. The van der Waals surface area contributed by atoms with E-state index in [1.54, 1.807) is 7.11 Å². The molecular weight excluding hydrogens is 1010 g/mol. The highest BCUT2D eigenvalue weighted by molar-refractivity contribution is 5.16. The molecule has 33 atom stereocenters. The van der Waals surface area contributed by atoms with Crippen molar-refractivity contribution in [2.75, 3.05) is 33.5 Å². The van der Waals surface area contributed by atoms with Crippen molar-refractivity contribution in [3.05, 3.63) is 0 Å². The molecule has 0 aromatic carbocycles. The fraction of sp³-hybridized carbons (Fsp3) is 1.00. The monoisotopic (exact) mass is 1100 g/mol. The zero-order valence-electron chi connectivity index (χ0n) is 44.4. The van der Waals surface area contributed by atoms with Gasteiger partial charge in [-0.1, -0.05) is 27.7 Å². The minimum atomic E-state index is -1.88. The molecule has 76 heavy (non-hydrogen) atoms. The van der Waals surface area contributed by atoms with Gasteiger partial charge in [-0.2, -0.15) is 0 Å². The zero-order chi connectivity index (χ0) is 55.1. The number of aliphatic hydroxyl groups is 14. The Morgan fingerprint density at radius 2 is 1.16 bits per heavy atom. The maximum absolute atomic E-state index is 12.2. The fourth-order valence-electron chi connectivity index (χ4n) is 16.0. The summed E-state index contributed by atoms with van der Waals surface area (Å²) in [7, 11) is 1.70. The summed E-state index contributed by atoms with van der Waals surface area (Å²) in [6.45, 7) is 8.50. The van der Waals surface area contributed by atoms with Gasteiger partial charge in [-0.15, -0.1) is 0 Å². The Bertz CT molecular complexity index is 1910. The molecule has 24 nitrogen and oxygen atoms in total. The molecule has 0 aromatic rings. The van der Waals surface area contributed by atoms with E-state index < -0.39 is 161 Å². The molecule has 5 saturated heterocycles. The number of methoxy groups -OCH3 is 1. The number of aliphatic hydroxyl groups excluding tert-OH is 14. The topological polar surface area (TPSA) is 376 Å². The smallest absolute Gasteiger partial charge is 0.187 e. The molecule has 4 aliphatic carbocycles. The van der Waals surface area contributed by atoms with Crippen molar-refractivity contribution in [3.63, 3.8) is 0 Å². The van der Waals surface area contributed by atoms with E-state index in [1.807, 2.05) is 6.92 Å². The summed E-state index contributed by atoms with van der Waals surface area (Å²) in [4.78, 5) is 0. The van der Waals surface area contributed by atoms with E-state index in [1.165, 1.54) is 6.92 Å². The van der Waals surface area contributed by atoms with Crippen LogP contribution in [-0.4, -0.2) is 252 Å². The quantitative estimate of drug-likeness (QED) is 0.0673. The Hall–Kier alpha value is -0.960. The van der Waals surface area contributed by atoms with Crippen molar-refractivity contribution >= 4 is 0 Å². The van der Waals surface area contributed by atoms with E-state index in [0.29, 0.717) is 43.4 Å². The standard InChI is InChI=1S/C52H88O24/c1-20(19-68-46-40(63)38(61)35(58)30(16-53)71-46)9-12-52(67-6)21(2)33-29(76-52)14-26-24-8-7-23-13-28(27(56)15-51(23,5)25(24)10-11-50(26,33)4)70-49-45(75-47-41(64)37(60)34(57)22(3)69-47)43(66)44(32(18-55)73-49)74-48-42(65)39(62)36(59)31(17-54)72-48/h20-49,53-66H,7-19H2,1-6H3/t20-,21?,22+,23+,24-,25+,26+,27-,28-,29?,30-,31-,32-,33?,34+,35-,36-,37-,38+,39+,40-,41-,42-,43+,44+,45-,46-,47+,48+,49-,50+,51+,52?/m1/s1. The Morgan fingerprint density at radius 1 is 0.579 bits per heavy atom. The maximum Gasteiger partial charge on any atom is 0.187 e. The van der Waals surface area contributed by atoms with Crippen molar-refractivity contribution in [1.82, 2.24) is 0 Å². The first-order chi connectivity index (χ1) is 36.0. The second-order valence-corrected chi connectivity index (χ2v) is 24.6. The van der Waals surface area contributed by atoms with Crippen LogP contribution in [0.1, 0.15) is 92.4 Å². The van der Waals surface area contributed by atoms with Crippen LogP contribution in [0.5, 0.6) is 0 Å². The van der Waals surface area contributed by atoms with Crippen molar-refractivity contribution in [3.8, 4) is 0 Å². The van der Waals surface area contributed by atoms with Crippen LogP contribution in [0.25, 0.3) is 0 Å². The molecule has 0 radical (unpaired) electrons. The van der Waals surface area contributed by atoms with Crippen LogP contribution in [-0.2, 0) is 47.4 Å². The lowest BCUT2D eigenvalue weighted by molar-refractivity contribution is -0.392. The molecular formula is C52H88O24. The minimum Gasteiger partial charge on any atom is -0.394 e. The average Bonchev–Trinajstić information content (AvgIpc) is 4.02. The predicted octanol–water partition coefficient (Wildman–Crippen LogP) is -3.30. The van der Waals surface area contributed by atoms with Crippen LogP contribution in [0.3, 0.4) is 0 Å². The summed E-state index contributed by atoms with van der Waals surface area (Å²) < 4.78 is 61.0. The number of hydrogen-bond acceptors (Lipinski definition) is 24.